The van der Waals surface area contributed by atoms with Gasteiger partial charge in [0.25, 0.3) is 0 Å². The fourth-order valence-corrected chi connectivity index (χ4v) is 5.52. The van der Waals surface area contributed by atoms with Gasteiger partial charge < -0.3 is 14.2 Å². The largest absolute Gasteiger partial charge is 0.462 e. The SMILES string of the molecule is CCCC/C=C\CCCCCCCCOCC(COC(=O)CCCCCCC/C=C\C/C=C\CCCCC)OC(=O)CCCCCCC. The van der Waals surface area contributed by atoms with Gasteiger partial charge in [-0.25, -0.2) is 0 Å². The smallest absolute Gasteiger partial charge is 0.306 e. The number of allylic oxidation sites excluding steroid dienone is 6. The second kappa shape index (κ2) is 39.6. The Labute approximate surface area is 298 Å². The predicted octanol–water partition coefficient (Wildman–Crippen LogP) is 13.1. The highest BCUT2D eigenvalue weighted by Gasteiger charge is 2.17. The molecule has 0 fully saturated rings. The number of carbonyl (C=O) groups is 2. The third-order valence-electron chi connectivity index (χ3n) is 8.65. The first-order valence-electron chi connectivity index (χ1n) is 20.5. The van der Waals surface area contributed by atoms with E-state index in [0.29, 0.717) is 19.4 Å². The van der Waals surface area contributed by atoms with E-state index in [1.165, 1.54) is 103 Å². The van der Waals surface area contributed by atoms with Gasteiger partial charge in [-0.15, -0.1) is 0 Å². The maximum absolute atomic E-state index is 12.5. The Morgan fingerprint density at radius 2 is 0.896 bits per heavy atom. The van der Waals surface area contributed by atoms with E-state index in [9.17, 15) is 9.59 Å². The summed E-state index contributed by atoms with van der Waals surface area (Å²) in [6.45, 7) is 7.67. The summed E-state index contributed by atoms with van der Waals surface area (Å²) in [6.07, 6.45) is 44.4. The van der Waals surface area contributed by atoms with Crippen molar-refractivity contribution in [2.24, 2.45) is 0 Å². The normalized spacial score (nSPS) is 12.5. The van der Waals surface area contributed by atoms with Gasteiger partial charge in [-0.2, -0.15) is 0 Å². The van der Waals surface area contributed by atoms with Crippen molar-refractivity contribution in [3.8, 4) is 0 Å². The van der Waals surface area contributed by atoms with Crippen LogP contribution >= 0.6 is 0 Å². The third-order valence-corrected chi connectivity index (χ3v) is 8.65. The second-order valence-electron chi connectivity index (χ2n) is 13.5. The van der Waals surface area contributed by atoms with Crippen LogP contribution in [0.2, 0.25) is 0 Å². The highest BCUT2D eigenvalue weighted by molar-refractivity contribution is 5.70. The predicted molar refractivity (Wildman–Crippen MR) is 205 cm³/mol. The molecular formula is C43H78O5. The summed E-state index contributed by atoms with van der Waals surface area (Å²) in [5.74, 6) is -0.428. The van der Waals surface area contributed by atoms with Crippen LogP contribution in [0.25, 0.3) is 0 Å². The Bertz CT molecular complexity index is 771. The topological polar surface area (TPSA) is 61.8 Å². The highest BCUT2D eigenvalue weighted by Crippen LogP contribution is 2.12. The van der Waals surface area contributed by atoms with Crippen LogP contribution in [0.4, 0.5) is 0 Å². The maximum Gasteiger partial charge on any atom is 0.306 e. The lowest BCUT2D eigenvalue weighted by atomic mass is 10.1. The molecule has 5 heteroatoms. The van der Waals surface area contributed by atoms with Crippen LogP contribution in [-0.4, -0.2) is 37.9 Å². The zero-order valence-corrected chi connectivity index (χ0v) is 32.0. The quantitative estimate of drug-likeness (QED) is 0.0373. The van der Waals surface area contributed by atoms with Gasteiger partial charge in [-0.3, -0.25) is 9.59 Å². The van der Waals surface area contributed by atoms with Crippen molar-refractivity contribution < 1.29 is 23.8 Å². The first-order valence-corrected chi connectivity index (χ1v) is 20.5. The average Bonchev–Trinajstić information content (AvgIpc) is 3.08. The Morgan fingerprint density at radius 3 is 1.50 bits per heavy atom. The fourth-order valence-electron chi connectivity index (χ4n) is 5.52. The van der Waals surface area contributed by atoms with Gasteiger partial charge in [0.05, 0.1) is 6.61 Å². The minimum absolute atomic E-state index is 0.0769. The van der Waals surface area contributed by atoms with Crippen LogP contribution in [0.15, 0.2) is 36.5 Å². The number of ether oxygens (including phenoxy) is 3. The van der Waals surface area contributed by atoms with E-state index < -0.39 is 6.10 Å². The number of carbonyl (C=O) groups excluding carboxylic acids is 2. The summed E-state index contributed by atoms with van der Waals surface area (Å²) < 4.78 is 17.1. The molecule has 0 saturated carbocycles. The molecule has 0 aliphatic rings. The van der Waals surface area contributed by atoms with Gasteiger partial charge in [0.1, 0.15) is 6.61 Å². The van der Waals surface area contributed by atoms with Crippen molar-refractivity contribution in [1.29, 1.82) is 0 Å². The summed E-state index contributed by atoms with van der Waals surface area (Å²) in [4.78, 5) is 24.9. The third kappa shape index (κ3) is 36.9. The van der Waals surface area contributed by atoms with Crippen molar-refractivity contribution >= 4 is 11.9 Å². The molecule has 0 aromatic rings. The van der Waals surface area contributed by atoms with Crippen molar-refractivity contribution in [1.82, 2.24) is 0 Å². The molecule has 5 nitrogen and oxygen atoms in total. The molecule has 0 aromatic carbocycles. The van der Waals surface area contributed by atoms with Crippen LogP contribution < -0.4 is 0 Å². The Hall–Kier alpha value is -1.88. The van der Waals surface area contributed by atoms with E-state index in [2.05, 4.69) is 57.2 Å². The molecule has 1 unspecified atom stereocenters. The zero-order valence-electron chi connectivity index (χ0n) is 32.0. The molecule has 1 atom stereocenters. The van der Waals surface area contributed by atoms with Crippen LogP contribution in [0, 0.1) is 0 Å². The van der Waals surface area contributed by atoms with E-state index in [-0.39, 0.29) is 25.2 Å². The molecule has 0 saturated heterocycles. The van der Waals surface area contributed by atoms with E-state index >= 15 is 0 Å². The molecular weight excluding hydrogens is 596 g/mol. The second-order valence-corrected chi connectivity index (χ2v) is 13.5. The van der Waals surface area contributed by atoms with Crippen molar-refractivity contribution in [2.75, 3.05) is 19.8 Å². The molecule has 0 bridgehead atoms. The number of hydrogen-bond acceptors (Lipinski definition) is 5. The van der Waals surface area contributed by atoms with Gasteiger partial charge in [0.2, 0.25) is 0 Å². The molecule has 0 radical (unpaired) electrons. The first-order chi connectivity index (χ1) is 23.6. The summed E-state index contributed by atoms with van der Waals surface area (Å²) in [5, 5.41) is 0. The van der Waals surface area contributed by atoms with Crippen LogP contribution in [0.1, 0.15) is 201 Å². The Kier molecular flexibility index (Phi) is 38.0. The van der Waals surface area contributed by atoms with E-state index in [1.807, 2.05) is 0 Å². The summed E-state index contributed by atoms with van der Waals surface area (Å²) in [7, 11) is 0. The van der Waals surface area contributed by atoms with Gasteiger partial charge >= 0.3 is 11.9 Å². The number of unbranched alkanes of at least 4 members (excludes halogenated alkanes) is 20. The monoisotopic (exact) mass is 675 g/mol. The molecule has 280 valence electrons. The van der Waals surface area contributed by atoms with Crippen molar-refractivity contribution in [2.45, 2.75) is 207 Å². The van der Waals surface area contributed by atoms with Crippen LogP contribution in [0.3, 0.4) is 0 Å². The van der Waals surface area contributed by atoms with Gasteiger partial charge in [0, 0.05) is 19.4 Å². The molecule has 0 N–H and O–H groups in total. The lowest BCUT2D eigenvalue weighted by Gasteiger charge is -2.18. The molecule has 0 rings (SSSR count). The highest BCUT2D eigenvalue weighted by atomic mass is 16.6. The van der Waals surface area contributed by atoms with Crippen LogP contribution in [0.5, 0.6) is 0 Å². The summed E-state index contributed by atoms with van der Waals surface area (Å²) >= 11 is 0. The molecule has 0 amide bonds. The molecule has 0 aromatic heterocycles. The van der Waals surface area contributed by atoms with Gasteiger partial charge in [-0.1, -0.05) is 154 Å². The zero-order chi connectivity index (χ0) is 35.0. The standard InChI is InChI=1S/C43H78O5/c1-4-7-10-13-15-17-19-21-22-23-24-26-28-31-33-36-42(44)47-40-41(48-43(45)37-34-30-12-9-6-3)39-46-38-35-32-29-27-25-20-18-16-14-11-8-5-2/h14-17,21-22,41H,4-13,18-20,23-40H2,1-3H3/b16-14-,17-15-,22-21-. The molecule has 0 heterocycles. The Balaban J connectivity index is 4.12. The average molecular weight is 675 g/mol. The van der Waals surface area contributed by atoms with E-state index in [0.717, 1.165) is 64.2 Å². The van der Waals surface area contributed by atoms with E-state index in [4.69, 9.17) is 14.2 Å². The summed E-state index contributed by atoms with van der Waals surface area (Å²) in [6, 6.07) is 0. The summed E-state index contributed by atoms with van der Waals surface area (Å²) in [5.41, 5.74) is 0. The number of esters is 2. The Morgan fingerprint density at radius 1 is 0.458 bits per heavy atom. The molecule has 0 spiro atoms. The van der Waals surface area contributed by atoms with Gasteiger partial charge in [-0.05, 0) is 70.6 Å². The molecule has 0 aliphatic carbocycles. The van der Waals surface area contributed by atoms with Gasteiger partial charge in [0.15, 0.2) is 6.10 Å². The lowest BCUT2D eigenvalue weighted by molar-refractivity contribution is -0.163. The molecule has 48 heavy (non-hydrogen) atoms. The van der Waals surface area contributed by atoms with Crippen LogP contribution in [-0.2, 0) is 23.8 Å². The number of rotatable bonds is 37. The fraction of sp³-hybridized carbons (Fsp3) is 0.814. The molecule has 0 aliphatic heterocycles. The van der Waals surface area contributed by atoms with Crippen molar-refractivity contribution in [3.63, 3.8) is 0 Å². The minimum atomic E-state index is -0.535. The lowest BCUT2D eigenvalue weighted by Crippen LogP contribution is -2.30. The first kappa shape index (κ1) is 46.1. The number of hydrogen-bond donors (Lipinski definition) is 0. The van der Waals surface area contributed by atoms with E-state index in [1.54, 1.807) is 0 Å². The minimum Gasteiger partial charge on any atom is -0.462 e. The maximum atomic E-state index is 12.5. The van der Waals surface area contributed by atoms with Crippen molar-refractivity contribution in [3.05, 3.63) is 36.5 Å².